The van der Waals surface area contributed by atoms with Crippen LogP contribution in [0.5, 0.6) is 0 Å². The predicted octanol–water partition coefficient (Wildman–Crippen LogP) is 1.47. The van der Waals surface area contributed by atoms with Crippen molar-refractivity contribution in [1.29, 1.82) is 0 Å². The van der Waals surface area contributed by atoms with E-state index >= 15 is 0 Å². The lowest BCUT2D eigenvalue weighted by molar-refractivity contribution is 0.213. The first kappa shape index (κ1) is 12.4. The van der Waals surface area contributed by atoms with Crippen molar-refractivity contribution >= 4 is 17.2 Å². The first-order valence-electron chi connectivity index (χ1n) is 5.99. The summed E-state index contributed by atoms with van der Waals surface area (Å²) in [6, 6.07) is 8.03. The number of benzene rings is 1. The smallest absolute Gasteiger partial charge is 0.116 e. The predicted molar refractivity (Wildman–Crippen MR) is 74.5 cm³/mol. The van der Waals surface area contributed by atoms with Gasteiger partial charge in [-0.25, -0.2) is 0 Å². The normalized spacial score (nSPS) is 15.0. The summed E-state index contributed by atoms with van der Waals surface area (Å²) in [5.41, 5.74) is 2.92. The molecule has 0 amide bonds. The zero-order chi connectivity index (χ0) is 12.8. The molecule has 1 aromatic carbocycles. The maximum Gasteiger partial charge on any atom is 0.116 e. The van der Waals surface area contributed by atoms with Gasteiger partial charge in [0.1, 0.15) is 12.9 Å². The second-order valence-corrected chi connectivity index (χ2v) is 4.01. The number of rotatable bonds is 5. The Hall–Kier alpha value is -2.04. The Labute approximate surface area is 107 Å². The van der Waals surface area contributed by atoms with Crippen molar-refractivity contribution in [3.63, 3.8) is 0 Å². The van der Waals surface area contributed by atoms with Crippen LogP contribution in [0.1, 0.15) is 12.5 Å². The highest BCUT2D eigenvalue weighted by Gasteiger charge is 2.08. The fraction of sp³-hybridized carbons (Fsp3) is 0.385. The lowest BCUT2D eigenvalue weighted by atomic mass is 10.1. The number of hydrogen-bond acceptors (Lipinski definition) is 5. The molecule has 2 N–H and O–H groups in total. The third-order valence-corrected chi connectivity index (χ3v) is 2.73. The van der Waals surface area contributed by atoms with Crippen LogP contribution >= 0.6 is 0 Å². The molecule has 5 nitrogen and oxygen atoms in total. The van der Waals surface area contributed by atoms with E-state index in [0.717, 1.165) is 35.9 Å². The third kappa shape index (κ3) is 3.00. The molecule has 0 bridgehead atoms. The van der Waals surface area contributed by atoms with Crippen molar-refractivity contribution in [2.45, 2.75) is 6.92 Å². The molecule has 2 rings (SSSR count). The quantitative estimate of drug-likeness (QED) is 0.611. The van der Waals surface area contributed by atoms with Crippen LogP contribution in [0.15, 0.2) is 34.4 Å². The van der Waals surface area contributed by atoms with Crippen molar-refractivity contribution in [2.75, 3.05) is 32.1 Å². The number of oxime groups is 1. The van der Waals surface area contributed by atoms with Gasteiger partial charge in [-0.3, -0.25) is 4.99 Å². The number of nitrogens with one attached hydrogen (secondary N) is 2. The summed E-state index contributed by atoms with van der Waals surface area (Å²) in [6.07, 6.45) is 0. The van der Waals surface area contributed by atoms with Gasteiger partial charge in [-0.1, -0.05) is 23.4 Å². The van der Waals surface area contributed by atoms with E-state index < -0.39 is 0 Å². The Balaban J connectivity index is 2.09. The number of para-hydroxylation sites is 1. The van der Waals surface area contributed by atoms with Gasteiger partial charge in [0.15, 0.2) is 0 Å². The van der Waals surface area contributed by atoms with Gasteiger partial charge in [-0.05, 0) is 13.0 Å². The van der Waals surface area contributed by atoms with E-state index in [1.54, 1.807) is 7.11 Å². The highest BCUT2D eigenvalue weighted by molar-refractivity contribution is 6.03. The Morgan fingerprint density at radius 2 is 2.33 bits per heavy atom. The summed E-state index contributed by atoms with van der Waals surface area (Å²) in [5.74, 6) is 1.01. The second kappa shape index (κ2) is 6.05. The molecule has 0 aromatic heterocycles. The molecule has 0 unspecified atom stereocenters. The van der Waals surface area contributed by atoms with Crippen molar-refractivity contribution in [3.8, 4) is 0 Å². The maximum absolute atomic E-state index is 4.82. The molecule has 1 aliphatic heterocycles. The van der Waals surface area contributed by atoms with Crippen molar-refractivity contribution in [3.05, 3.63) is 29.8 Å². The second-order valence-electron chi connectivity index (χ2n) is 4.01. The molecule has 1 aliphatic rings. The molecule has 0 fully saturated rings. The molecule has 96 valence electrons. The van der Waals surface area contributed by atoms with Gasteiger partial charge in [0, 0.05) is 17.8 Å². The van der Waals surface area contributed by atoms with Crippen LogP contribution in [0.3, 0.4) is 0 Å². The van der Waals surface area contributed by atoms with Crippen molar-refractivity contribution < 1.29 is 4.84 Å². The van der Waals surface area contributed by atoms with Crippen LogP contribution in [-0.4, -0.2) is 38.3 Å². The topological polar surface area (TPSA) is 58.0 Å². The maximum atomic E-state index is 4.82. The lowest BCUT2D eigenvalue weighted by Gasteiger charge is -2.11. The zero-order valence-electron chi connectivity index (χ0n) is 10.7. The minimum absolute atomic E-state index is 0.706. The SMILES string of the molecule is CON=C(C)c1ccccc1NCC1=NCCN1. The first-order valence-corrected chi connectivity index (χ1v) is 5.99. The fourth-order valence-corrected chi connectivity index (χ4v) is 1.88. The van der Waals surface area contributed by atoms with Crippen LogP contribution in [0.25, 0.3) is 0 Å². The average molecular weight is 246 g/mol. The van der Waals surface area contributed by atoms with Gasteiger partial charge in [-0.2, -0.15) is 0 Å². The van der Waals surface area contributed by atoms with E-state index in [-0.39, 0.29) is 0 Å². The number of nitrogens with zero attached hydrogens (tertiary/aromatic N) is 2. The number of aliphatic imine (C=N–C) groups is 1. The Morgan fingerprint density at radius 3 is 3.06 bits per heavy atom. The monoisotopic (exact) mass is 246 g/mol. The number of hydrogen-bond donors (Lipinski definition) is 2. The van der Waals surface area contributed by atoms with Gasteiger partial charge in [0.05, 0.1) is 18.8 Å². The molecule has 0 saturated carbocycles. The summed E-state index contributed by atoms with van der Waals surface area (Å²) in [7, 11) is 1.55. The van der Waals surface area contributed by atoms with Crippen molar-refractivity contribution in [1.82, 2.24) is 5.32 Å². The molecular weight excluding hydrogens is 228 g/mol. The van der Waals surface area contributed by atoms with E-state index in [4.69, 9.17) is 4.84 Å². The average Bonchev–Trinajstić information content (AvgIpc) is 2.90. The Morgan fingerprint density at radius 1 is 1.50 bits per heavy atom. The highest BCUT2D eigenvalue weighted by Crippen LogP contribution is 2.16. The molecule has 18 heavy (non-hydrogen) atoms. The van der Waals surface area contributed by atoms with Crippen LogP contribution < -0.4 is 10.6 Å². The highest BCUT2D eigenvalue weighted by atomic mass is 16.6. The van der Waals surface area contributed by atoms with E-state index in [1.165, 1.54) is 0 Å². The Bertz CT molecular complexity index is 468. The summed E-state index contributed by atoms with van der Waals surface area (Å²) in [6.45, 7) is 4.43. The standard InChI is InChI=1S/C13H18N4O/c1-10(17-18-2)11-5-3-4-6-12(11)16-9-13-14-7-8-15-13/h3-6,16H,7-9H2,1-2H3,(H,14,15). The van der Waals surface area contributed by atoms with Crippen molar-refractivity contribution in [2.24, 2.45) is 10.1 Å². The summed E-state index contributed by atoms with van der Waals surface area (Å²) < 4.78 is 0. The molecule has 0 radical (unpaired) electrons. The van der Waals surface area contributed by atoms with E-state index in [9.17, 15) is 0 Å². The van der Waals surface area contributed by atoms with Gasteiger partial charge in [0.25, 0.3) is 0 Å². The number of amidine groups is 1. The van der Waals surface area contributed by atoms with E-state index in [0.29, 0.717) is 6.54 Å². The molecule has 5 heteroatoms. The Kier molecular flexibility index (Phi) is 4.17. The van der Waals surface area contributed by atoms with Crippen LogP contribution in [0.2, 0.25) is 0 Å². The molecule has 0 spiro atoms. The lowest BCUT2D eigenvalue weighted by Crippen LogP contribution is -2.26. The molecule has 1 heterocycles. The van der Waals surface area contributed by atoms with Gasteiger partial charge in [-0.15, -0.1) is 0 Å². The molecular formula is C13H18N4O. The fourth-order valence-electron chi connectivity index (χ4n) is 1.88. The molecule has 0 atom stereocenters. The molecule has 1 aromatic rings. The summed E-state index contributed by atoms with van der Waals surface area (Å²) in [4.78, 5) is 9.16. The summed E-state index contributed by atoms with van der Waals surface area (Å²) in [5, 5.41) is 10.6. The van der Waals surface area contributed by atoms with Crippen LogP contribution in [0.4, 0.5) is 5.69 Å². The van der Waals surface area contributed by atoms with Gasteiger partial charge < -0.3 is 15.5 Å². The van der Waals surface area contributed by atoms with Crippen LogP contribution in [-0.2, 0) is 4.84 Å². The minimum Gasteiger partial charge on any atom is -0.399 e. The first-order chi connectivity index (χ1) is 8.81. The molecule has 0 aliphatic carbocycles. The third-order valence-electron chi connectivity index (χ3n) is 2.73. The largest absolute Gasteiger partial charge is 0.399 e. The van der Waals surface area contributed by atoms with E-state index in [1.807, 2.05) is 31.2 Å². The van der Waals surface area contributed by atoms with Gasteiger partial charge in [0.2, 0.25) is 0 Å². The minimum atomic E-state index is 0.706. The van der Waals surface area contributed by atoms with E-state index in [2.05, 4.69) is 20.8 Å². The van der Waals surface area contributed by atoms with Gasteiger partial charge >= 0.3 is 0 Å². The summed E-state index contributed by atoms with van der Waals surface area (Å²) >= 11 is 0. The zero-order valence-corrected chi connectivity index (χ0v) is 10.7. The molecule has 0 saturated heterocycles. The van der Waals surface area contributed by atoms with Crippen LogP contribution in [0, 0.1) is 0 Å². The number of anilines is 1.